The Hall–Kier alpha value is -2.82. The number of hydrogen-bond acceptors (Lipinski definition) is 3. The largest absolute Gasteiger partial charge is 0.435 e. The summed E-state index contributed by atoms with van der Waals surface area (Å²) in [4.78, 5) is 31.2. The fourth-order valence-electron chi connectivity index (χ4n) is 2.52. The van der Waals surface area contributed by atoms with Gasteiger partial charge in [-0.25, -0.2) is 4.79 Å². The highest BCUT2D eigenvalue weighted by Gasteiger charge is 2.40. The van der Waals surface area contributed by atoms with Crippen LogP contribution in [0.2, 0.25) is 0 Å². The fourth-order valence-corrected chi connectivity index (χ4v) is 2.52. The lowest BCUT2D eigenvalue weighted by Crippen LogP contribution is -2.51. The van der Waals surface area contributed by atoms with Crippen molar-refractivity contribution in [2.75, 3.05) is 7.05 Å². The number of nitrogens with zero attached hydrogens (tertiary/aromatic N) is 2. The first-order valence-corrected chi connectivity index (χ1v) is 7.02. The molecule has 0 aliphatic carbocycles. The minimum atomic E-state index is -0.673. The average Bonchev–Trinajstić information content (AvgIpc) is 2.55. The Labute approximate surface area is 128 Å². The van der Waals surface area contributed by atoms with Gasteiger partial charge in [-0.2, -0.15) is 5.06 Å². The van der Waals surface area contributed by atoms with E-state index in [1.807, 2.05) is 60.7 Å². The molecule has 2 aromatic rings. The maximum atomic E-state index is 12.5. The Kier molecular flexibility index (Phi) is 3.78. The van der Waals surface area contributed by atoms with E-state index in [0.717, 1.165) is 16.2 Å². The molecule has 3 rings (SSSR count). The quantitative estimate of drug-likeness (QED) is 0.875. The van der Waals surface area contributed by atoms with Crippen molar-refractivity contribution in [3.63, 3.8) is 0 Å². The van der Waals surface area contributed by atoms with Crippen LogP contribution in [0.3, 0.4) is 0 Å². The van der Waals surface area contributed by atoms with Gasteiger partial charge in [0.25, 0.3) is 5.91 Å². The van der Waals surface area contributed by atoms with Gasteiger partial charge in [0.05, 0.1) is 6.54 Å². The van der Waals surface area contributed by atoms with Crippen LogP contribution in [-0.2, 0) is 16.2 Å². The fraction of sp³-hybridized carbons (Fsp3) is 0.176. The van der Waals surface area contributed by atoms with E-state index in [0.29, 0.717) is 6.54 Å². The van der Waals surface area contributed by atoms with Crippen molar-refractivity contribution in [3.05, 3.63) is 71.8 Å². The van der Waals surface area contributed by atoms with E-state index in [1.165, 1.54) is 11.9 Å². The molecule has 112 valence electrons. The molecule has 22 heavy (non-hydrogen) atoms. The molecule has 2 aromatic carbocycles. The summed E-state index contributed by atoms with van der Waals surface area (Å²) in [5.41, 5.74) is 1.71. The molecule has 0 saturated carbocycles. The van der Waals surface area contributed by atoms with Crippen molar-refractivity contribution < 1.29 is 14.4 Å². The Morgan fingerprint density at radius 2 is 1.55 bits per heavy atom. The number of rotatable bonds is 3. The molecule has 0 radical (unpaired) electrons. The van der Waals surface area contributed by atoms with Gasteiger partial charge in [-0.15, -0.1) is 0 Å². The van der Waals surface area contributed by atoms with Gasteiger partial charge >= 0.3 is 6.09 Å². The predicted molar refractivity (Wildman–Crippen MR) is 80.4 cm³/mol. The first-order valence-electron chi connectivity index (χ1n) is 7.02. The van der Waals surface area contributed by atoms with E-state index in [-0.39, 0.29) is 5.91 Å². The van der Waals surface area contributed by atoms with Crippen molar-refractivity contribution >= 4 is 12.0 Å². The summed E-state index contributed by atoms with van der Waals surface area (Å²) < 4.78 is 0. The van der Waals surface area contributed by atoms with E-state index in [4.69, 9.17) is 4.84 Å². The van der Waals surface area contributed by atoms with Crippen LogP contribution in [0.25, 0.3) is 0 Å². The molecule has 0 aromatic heterocycles. The third kappa shape index (κ3) is 2.65. The second kappa shape index (κ2) is 5.89. The predicted octanol–water partition coefficient (Wildman–Crippen LogP) is 2.75. The summed E-state index contributed by atoms with van der Waals surface area (Å²) in [6, 6.07) is 18.1. The molecular formula is C17H16N2O3. The van der Waals surface area contributed by atoms with Crippen LogP contribution in [0.4, 0.5) is 4.79 Å². The zero-order valence-corrected chi connectivity index (χ0v) is 12.2. The molecule has 5 heteroatoms. The molecule has 2 amide bonds. The standard InChI is InChI=1S/C17H16N2O3/c1-18-16(20)15(14-10-6-3-7-11-14)19(17(21)22-18)12-13-8-4-2-5-9-13/h2-11,15H,12H2,1H3. The van der Waals surface area contributed by atoms with Gasteiger partial charge < -0.3 is 4.84 Å². The lowest BCUT2D eigenvalue weighted by Gasteiger charge is -2.37. The minimum Gasteiger partial charge on any atom is -0.319 e. The Balaban J connectivity index is 1.96. The minimum absolute atomic E-state index is 0.262. The molecule has 0 spiro atoms. The summed E-state index contributed by atoms with van der Waals surface area (Å²) in [6.45, 7) is 0.318. The summed E-state index contributed by atoms with van der Waals surface area (Å²) in [5.74, 6) is -0.262. The smallest absolute Gasteiger partial charge is 0.319 e. The van der Waals surface area contributed by atoms with E-state index in [2.05, 4.69) is 0 Å². The number of amides is 2. The lowest BCUT2D eigenvalue weighted by atomic mass is 10.0. The van der Waals surface area contributed by atoms with Crippen molar-refractivity contribution in [2.24, 2.45) is 0 Å². The molecule has 1 aliphatic heterocycles. The van der Waals surface area contributed by atoms with Crippen LogP contribution in [0, 0.1) is 0 Å². The molecule has 1 fully saturated rings. The molecule has 1 unspecified atom stereocenters. The SMILES string of the molecule is CN1OC(=O)N(Cc2ccccc2)C(c2ccccc2)C1=O. The van der Waals surface area contributed by atoms with Crippen LogP contribution < -0.4 is 0 Å². The summed E-state index contributed by atoms with van der Waals surface area (Å²) in [6.07, 6.45) is -0.528. The number of hydrogen-bond donors (Lipinski definition) is 0. The molecule has 5 nitrogen and oxygen atoms in total. The van der Waals surface area contributed by atoms with Gasteiger partial charge in [-0.05, 0) is 11.1 Å². The maximum Gasteiger partial charge on any atom is 0.435 e. The first-order chi connectivity index (χ1) is 10.7. The van der Waals surface area contributed by atoms with E-state index < -0.39 is 12.1 Å². The molecule has 1 aliphatic rings. The average molecular weight is 296 g/mol. The normalized spacial score (nSPS) is 18.3. The Morgan fingerprint density at radius 1 is 0.955 bits per heavy atom. The number of likely N-dealkylation sites (N-methyl/N-ethyl adjacent to an activating group) is 1. The zero-order chi connectivity index (χ0) is 15.5. The lowest BCUT2D eigenvalue weighted by molar-refractivity contribution is -0.181. The molecule has 1 heterocycles. The van der Waals surface area contributed by atoms with Crippen molar-refractivity contribution in [2.45, 2.75) is 12.6 Å². The van der Waals surface area contributed by atoms with Crippen molar-refractivity contribution in [3.8, 4) is 0 Å². The summed E-state index contributed by atoms with van der Waals surface area (Å²) >= 11 is 0. The molecule has 0 bridgehead atoms. The molecular weight excluding hydrogens is 280 g/mol. The summed E-state index contributed by atoms with van der Waals surface area (Å²) in [5, 5.41) is 1.00. The van der Waals surface area contributed by atoms with E-state index in [9.17, 15) is 9.59 Å². The summed E-state index contributed by atoms with van der Waals surface area (Å²) in [7, 11) is 1.45. The van der Waals surface area contributed by atoms with Crippen molar-refractivity contribution in [1.29, 1.82) is 0 Å². The number of carbonyl (C=O) groups excluding carboxylic acids is 2. The highest BCUT2D eigenvalue weighted by molar-refractivity contribution is 5.89. The maximum absolute atomic E-state index is 12.5. The first kappa shape index (κ1) is 14.1. The van der Waals surface area contributed by atoms with E-state index >= 15 is 0 Å². The van der Waals surface area contributed by atoms with Crippen LogP contribution in [-0.4, -0.2) is 29.0 Å². The number of hydroxylamine groups is 2. The number of carbonyl (C=O) groups is 2. The topological polar surface area (TPSA) is 49.9 Å². The van der Waals surface area contributed by atoms with Crippen LogP contribution >= 0.6 is 0 Å². The second-order valence-electron chi connectivity index (χ2n) is 5.12. The highest BCUT2D eigenvalue weighted by Crippen LogP contribution is 2.29. The van der Waals surface area contributed by atoms with Gasteiger partial charge in [0.15, 0.2) is 0 Å². The van der Waals surface area contributed by atoms with Gasteiger partial charge in [-0.1, -0.05) is 60.7 Å². The van der Waals surface area contributed by atoms with Gasteiger partial charge in [0.2, 0.25) is 0 Å². The van der Waals surface area contributed by atoms with Crippen LogP contribution in [0.5, 0.6) is 0 Å². The van der Waals surface area contributed by atoms with Crippen molar-refractivity contribution in [1.82, 2.24) is 9.96 Å². The zero-order valence-electron chi connectivity index (χ0n) is 12.2. The molecule has 0 N–H and O–H groups in total. The monoisotopic (exact) mass is 296 g/mol. The number of benzene rings is 2. The highest BCUT2D eigenvalue weighted by atomic mass is 16.7. The molecule has 1 atom stereocenters. The molecule has 1 saturated heterocycles. The third-order valence-corrected chi connectivity index (χ3v) is 3.62. The second-order valence-corrected chi connectivity index (χ2v) is 5.12. The van der Waals surface area contributed by atoms with Gasteiger partial charge in [-0.3, -0.25) is 9.69 Å². The Bertz CT molecular complexity index is 673. The van der Waals surface area contributed by atoms with E-state index in [1.54, 1.807) is 0 Å². The van der Waals surface area contributed by atoms with Crippen LogP contribution in [0.15, 0.2) is 60.7 Å². The third-order valence-electron chi connectivity index (χ3n) is 3.62. The van der Waals surface area contributed by atoms with Gasteiger partial charge in [0.1, 0.15) is 6.04 Å². The van der Waals surface area contributed by atoms with Gasteiger partial charge in [0, 0.05) is 7.05 Å². The Morgan fingerprint density at radius 3 is 2.18 bits per heavy atom. The van der Waals surface area contributed by atoms with Crippen LogP contribution in [0.1, 0.15) is 17.2 Å².